The summed E-state index contributed by atoms with van der Waals surface area (Å²) < 4.78 is 5.71. The van der Waals surface area contributed by atoms with Gasteiger partial charge in [0.05, 0.1) is 24.4 Å². The third-order valence-electron chi connectivity index (χ3n) is 3.22. The number of benzene rings is 2. The average molecular weight is 284 g/mol. The second-order valence-electron chi connectivity index (χ2n) is 4.95. The lowest BCUT2D eigenvalue weighted by Crippen LogP contribution is -2.16. The second kappa shape index (κ2) is 6.79. The highest BCUT2D eigenvalue weighted by atomic mass is 16.5. The molecule has 0 aromatic heterocycles. The van der Waals surface area contributed by atoms with Gasteiger partial charge in [0.2, 0.25) is 5.91 Å². The summed E-state index contributed by atoms with van der Waals surface area (Å²) in [6, 6.07) is 13.2. The molecule has 110 valence electrons. The van der Waals surface area contributed by atoms with Crippen molar-refractivity contribution in [2.75, 3.05) is 17.7 Å². The molecule has 0 aliphatic carbocycles. The largest absolute Gasteiger partial charge is 0.493 e. The van der Waals surface area contributed by atoms with Crippen molar-refractivity contribution < 1.29 is 9.53 Å². The fraction of sp³-hybridized carbons (Fsp3) is 0.235. The molecule has 0 saturated heterocycles. The fourth-order valence-corrected chi connectivity index (χ4v) is 2.10. The Bertz CT molecular complexity index is 618. The number of hydrogen-bond acceptors (Lipinski definition) is 3. The number of para-hydroxylation sites is 3. The van der Waals surface area contributed by atoms with Crippen LogP contribution in [0.15, 0.2) is 42.5 Å². The molecular formula is C17H20N2O2. The number of carbonyl (C=O) groups is 1. The molecule has 2 rings (SSSR count). The summed E-state index contributed by atoms with van der Waals surface area (Å²) in [7, 11) is 0. The van der Waals surface area contributed by atoms with Crippen LogP contribution in [0.3, 0.4) is 0 Å². The number of ether oxygens (including phenoxy) is 1. The van der Waals surface area contributed by atoms with Gasteiger partial charge in [-0.3, -0.25) is 4.79 Å². The molecule has 2 aromatic rings. The van der Waals surface area contributed by atoms with Crippen molar-refractivity contribution >= 4 is 17.3 Å². The Labute approximate surface area is 124 Å². The summed E-state index contributed by atoms with van der Waals surface area (Å²) in [6.07, 6.45) is 0.280. The highest BCUT2D eigenvalue weighted by Gasteiger charge is 2.07. The van der Waals surface area contributed by atoms with Gasteiger partial charge in [0, 0.05) is 0 Å². The number of nitrogens with two attached hydrogens (primary N) is 1. The zero-order chi connectivity index (χ0) is 15.2. The van der Waals surface area contributed by atoms with Gasteiger partial charge in [-0.2, -0.15) is 0 Å². The third kappa shape index (κ3) is 3.99. The van der Waals surface area contributed by atoms with Crippen molar-refractivity contribution in [2.45, 2.75) is 20.3 Å². The zero-order valence-electron chi connectivity index (χ0n) is 12.3. The second-order valence-corrected chi connectivity index (χ2v) is 4.95. The molecule has 0 spiro atoms. The number of amides is 1. The predicted octanol–water partition coefficient (Wildman–Crippen LogP) is 3.29. The maximum absolute atomic E-state index is 11.9. The van der Waals surface area contributed by atoms with Gasteiger partial charge >= 0.3 is 0 Å². The van der Waals surface area contributed by atoms with E-state index >= 15 is 0 Å². The molecule has 0 unspecified atom stereocenters. The Kier molecular flexibility index (Phi) is 4.82. The number of rotatable bonds is 5. The Morgan fingerprint density at radius 1 is 1.10 bits per heavy atom. The van der Waals surface area contributed by atoms with Crippen molar-refractivity contribution in [2.24, 2.45) is 0 Å². The first-order valence-corrected chi connectivity index (χ1v) is 6.91. The minimum absolute atomic E-state index is 0.112. The Morgan fingerprint density at radius 2 is 1.76 bits per heavy atom. The smallest absolute Gasteiger partial charge is 0.227 e. The molecule has 0 heterocycles. The van der Waals surface area contributed by atoms with Gasteiger partial charge in [0.1, 0.15) is 5.75 Å². The number of hydrogen-bond donors (Lipinski definition) is 2. The molecule has 2 aromatic carbocycles. The maximum Gasteiger partial charge on any atom is 0.227 e. The molecule has 0 fully saturated rings. The van der Waals surface area contributed by atoms with Crippen LogP contribution < -0.4 is 15.8 Å². The van der Waals surface area contributed by atoms with Gasteiger partial charge in [0.25, 0.3) is 0 Å². The lowest BCUT2D eigenvalue weighted by atomic mass is 10.1. The first kappa shape index (κ1) is 14.9. The fourth-order valence-electron chi connectivity index (χ4n) is 2.10. The number of nitrogen functional groups attached to an aromatic ring is 1. The topological polar surface area (TPSA) is 64.3 Å². The molecule has 21 heavy (non-hydrogen) atoms. The molecule has 4 heteroatoms. The van der Waals surface area contributed by atoms with Crippen LogP contribution >= 0.6 is 0 Å². The normalized spacial score (nSPS) is 10.2. The lowest BCUT2D eigenvalue weighted by molar-refractivity contribution is -0.116. The standard InChI is InChI=1S/C17H20N2O2/c1-12-6-5-7-13(2)17(12)21-11-10-16(20)19-15-9-4-3-8-14(15)18/h3-9H,10-11,18H2,1-2H3,(H,19,20). The minimum Gasteiger partial charge on any atom is -0.493 e. The monoisotopic (exact) mass is 284 g/mol. The SMILES string of the molecule is Cc1cccc(C)c1OCCC(=O)Nc1ccccc1N. The van der Waals surface area contributed by atoms with Crippen LogP contribution in [-0.2, 0) is 4.79 Å². The van der Waals surface area contributed by atoms with Crippen molar-refractivity contribution in [1.82, 2.24) is 0 Å². The highest BCUT2D eigenvalue weighted by molar-refractivity contribution is 5.93. The molecule has 0 radical (unpaired) electrons. The number of anilines is 2. The van der Waals surface area contributed by atoms with Gasteiger partial charge in [0.15, 0.2) is 0 Å². The van der Waals surface area contributed by atoms with Crippen LogP contribution in [0, 0.1) is 13.8 Å². The average Bonchev–Trinajstić information content (AvgIpc) is 2.45. The lowest BCUT2D eigenvalue weighted by Gasteiger charge is -2.12. The number of carbonyl (C=O) groups excluding carboxylic acids is 1. The summed E-state index contributed by atoms with van der Waals surface area (Å²) in [5, 5.41) is 2.78. The van der Waals surface area contributed by atoms with Crippen LogP contribution in [0.1, 0.15) is 17.5 Å². The van der Waals surface area contributed by atoms with Crippen LogP contribution in [0.25, 0.3) is 0 Å². The first-order valence-electron chi connectivity index (χ1n) is 6.91. The van der Waals surface area contributed by atoms with Gasteiger partial charge in [-0.25, -0.2) is 0 Å². The van der Waals surface area contributed by atoms with Gasteiger partial charge in [-0.1, -0.05) is 30.3 Å². The molecule has 3 N–H and O–H groups in total. The highest BCUT2D eigenvalue weighted by Crippen LogP contribution is 2.22. The maximum atomic E-state index is 11.9. The third-order valence-corrected chi connectivity index (χ3v) is 3.22. The van der Waals surface area contributed by atoms with Crippen LogP contribution in [0.4, 0.5) is 11.4 Å². The summed E-state index contributed by atoms with van der Waals surface area (Å²) in [4.78, 5) is 11.9. The number of nitrogens with one attached hydrogen (secondary N) is 1. The molecule has 4 nitrogen and oxygen atoms in total. The molecule has 0 bridgehead atoms. The van der Waals surface area contributed by atoms with Crippen LogP contribution in [0.2, 0.25) is 0 Å². The summed E-state index contributed by atoms with van der Waals surface area (Å²) in [5.74, 6) is 0.740. The van der Waals surface area contributed by atoms with Crippen LogP contribution in [0.5, 0.6) is 5.75 Å². The van der Waals surface area contributed by atoms with E-state index in [-0.39, 0.29) is 12.3 Å². The van der Waals surface area contributed by atoms with E-state index in [9.17, 15) is 4.79 Å². The van der Waals surface area contributed by atoms with Crippen molar-refractivity contribution in [3.8, 4) is 5.75 Å². The Hall–Kier alpha value is -2.49. The Morgan fingerprint density at radius 3 is 2.43 bits per heavy atom. The van der Waals surface area contributed by atoms with E-state index in [4.69, 9.17) is 10.5 Å². The quantitative estimate of drug-likeness (QED) is 0.828. The molecule has 0 atom stereocenters. The van der Waals surface area contributed by atoms with E-state index in [1.807, 2.05) is 44.2 Å². The van der Waals surface area contributed by atoms with Gasteiger partial charge in [-0.15, -0.1) is 0 Å². The molecule has 1 amide bonds. The van der Waals surface area contributed by atoms with E-state index in [0.29, 0.717) is 18.0 Å². The summed E-state index contributed by atoms with van der Waals surface area (Å²) >= 11 is 0. The van der Waals surface area contributed by atoms with E-state index in [1.165, 1.54) is 0 Å². The molecule has 0 aliphatic rings. The van der Waals surface area contributed by atoms with E-state index in [2.05, 4.69) is 5.32 Å². The van der Waals surface area contributed by atoms with Crippen molar-refractivity contribution in [3.63, 3.8) is 0 Å². The molecular weight excluding hydrogens is 264 g/mol. The minimum atomic E-state index is -0.112. The summed E-state index contributed by atoms with van der Waals surface area (Å²) in [5.41, 5.74) is 9.12. The first-order chi connectivity index (χ1) is 10.1. The van der Waals surface area contributed by atoms with E-state index < -0.39 is 0 Å². The van der Waals surface area contributed by atoms with Crippen LogP contribution in [-0.4, -0.2) is 12.5 Å². The predicted molar refractivity (Wildman–Crippen MR) is 85.5 cm³/mol. The number of aryl methyl sites for hydroxylation is 2. The van der Waals surface area contributed by atoms with E-state index in [1.54, 1.807) is 12.1 Å². The zero-order valence-corrected chi connectivity index (χ0v) is 12.3. The molecule has 0 aliphatic heterocycles. The van der Waals surface area contributed by atoms with Crippen molar-refractivity contribution in [3.05, 3.63) is 53.6 Å². The Balaban J connectivity index is 1.86. The summed E-state index contributed by atoms with van der Waals surface area (Å²) in [6.45, 7) is 4.32. The molecule has 0 saturated carbocycles. The van der Waals surface area contributed by atoms with Crippen molar-refractivity contribution in [1.29, 1.82) is 0 Å². The van der Waals surface area contributed by atoms with Gasteiger partial charge in [-0.05, 0) is 37.1 Å². The van der Waals surface area contributed by atoms with Gasteiger partial charge < -0.3 is 15.8 Å². The van der Waals surface area contributed by atoms with E-state index in [0.717, 1.165) is 16.9 Å².